The first-order valence-electron chi connectivity index (χ1n) is 12.8. The van der Waals surface area contributed by atoms with E-state index in [4.69, 9.17) is 21.1 Å². The molecule has 8 nitrogen and oxygen atoms in total. The summed E-state index contributed by atoms with van der Waals surface area (Å²) in [4.78, 5) is 33.3. The number of piperazine rings is 1. The van der Waals surface area contributed by atoms with Gasteiger partial charge >= 0.3 is 5.97 Å². The lowest BCUT2D eigenvalue weighted by atomic mass is 9.96. The maximum absolute atomic E-state index is 13.2. The summed E-state index contributed by atoms with van der Waals surface area (Å²) in [5.74, 6) is -0.221. The number of ether oxygens (including phenoxy) is 2. The lowest BCUT2D eigenvalue weighted by molar-refractivity contribution is -0.117. The molecule has 1 fully saturated rings. The third-order valence-electron chi connectivity index (χ3n) is 7.10. The molecular formula is C30H31ClN4O4. The average molecular weight is 547 g/mol. The number of carbonyl (C=O) groups excluding carboxylic acids is 2. The Balaban J connectivity index is 1.29. The number of rotatable bonds is 8. The van der Waals surface area contributed by atoms with Gasteiger partial charge in [-0.2, -0.15) is 0 Å². The van der Waals surface area contributed by atoms with Gasteiger partial charge in [-0.25, -0.2) is 4.79 Å². The molecular weight excluding hydrogens is 516 g/mol. The van der Waals surface area contributed by atoms with Crippen LogP contribution in [0.5, 0.6) is 5.75 Å². The van der Waals surface area contributed by atoms with E-state index >= 15 is 0 Å². The van der Waals surface area contributed by atoms with Gasteiger partial charge in [-0.05, 0) is 35.4 Å². The number of H-pyrrole nitrogens is 1. The quantitative estimate of drug-likeness (QED) is 0.304. The zero-order chi connectivity index (χ0) is 27.4. The Hall–Kier alpha value is -3.85. The maximum atomic E-state index is 13.2. The van der Waals surface area contributed by atoms with Crippen LogP contribution < -0.4 is 10.1 Å². The molecule has 2 heterocycles. The van der Waals surface area contributed by atoms with E-state index in [2.05, 4.69) is 56.5 Å². The second-order valence-corrected chi connectivity index (χ2v) is 9.91. The monoisotopic (exact) mass is 546 g/mol. The van der Waals surface area contributed by atoms with Crippen LogP contribution in [0.4, 0.5) is 5.69 Å². The van der Waals surface area contributed by atoms with Crippen LogP contribution in [-0.4, -0.2) is 73.6 Å². The van der Waals surface area contributed by atoms with Crippen LogP contribution in [0.15, 0.2) is 72.8 Å². The molecule has 39 heavy (non-hydrogen) atoms. The summed E-state index contributed by atoms with van der Waals surface area (Å²) in [6, 6.07) is 24.0. The molecule has 5 rings (SSSR count). The average Bonchev–Trinajstić information content (AvgIpc) is 3.33. The van der Waals surface area contributed by atoms with Crippen LogP contribution in [-0.2, 0) is 9.53 Å². The minimum absolute atomic E-state index is 0.0979. The molecule has 9 heteroatoms. The Labute approximate surface area is 232 Å². The van der Waals surface area contributed by atoms with Crippen LogP contribution in [0.25, 0.3) is 10.9 Å². The first kappa shape index (κ1) is 26.7. The summed E-state index contributed by atoms with van der Waals surface area (Å²) >= 11 is 6.16. The molecule has 1 aliphatic rings. The number of aromatic amines is 1. The van der Waals surface area contributed by atoms with E-state index in [1.807, 2.05) is 30.3 Å². The van der Waals surface area contributed by atoms with Gasteiger partial charge in [0.15, 0.2) is 0 Å². The first-order valence-corrected chi connectivity index (χ1v) is 13.2. The molecule has 1 aliphatic heterocycles. The van der Waals surface area contributed by atoms with Crippen molar-refractivity contribution in [2.75, 3.05) is 52.3 Å². The van der Waals surface area contributed by atoms with Crippen LogP contribution in [0.1, 0.15) is 27.7 Å². The van der Waals surface area contributed by atoms with Crippen molar-refractivity contribution in [1.29, 1.82) is 0 Å². The predicted molar refractivity (Wildman–Crippen MR) is 153 cm³/mol. The number of esters is 1. The van der Waals surface area contributed by atoms with Gasteiger partial charge < -0.3 is 19.8 Å². The van der Waals surface area contributed by atoms with E-state index in [1.165, 1.54) is 18.2 Å². The fourth-order valence-electron chi connectivity index (χ4n) is 5.22. The summed E-state index contributed by atoms with van der Waals surface area (Å²) in [7, 11) is 2.86. The minimum Gasteiger partial charge on any atom is -0.496 e. The number of carbonyl (C=O) groups is 2. The van der Waals surface area contributed by atoms with Crippen LogP contribution >= 0.6 is 11.6 Å². The number of hydrogen-bond acceptors (Lipinski definition) is 6. The number of benzene rings is 3. The highest BCUT2D eigenvalue weighted by Gasteiger charge is 2.28. The molecule has 1 amide bonds. The molecule has 0 unspecified atom stereocenters. The maximum Gasteiger partial charge on any atom is 0.356 e. The van der Waals surface area contributed by atoms with Crippen LogP contribution in [0.2, 0.25) is 5.02 Å². The predicted octanol–water partition coefficient (Wildman–Crippen LogP) is 4.96. The molecule has 0 bridgehead atoms. The number of methoxy groups -OCH3 is 2. The Bertz CT molecular complexity index is 1450. The van der Waals surface area contributed by atoms with Gasteiger partial charge in [-0.1, -0.05) is 60.1 Å². The Morgan fingerprint density at radius 2 is 1.62 bits per heavy atom. The van der Waals surface area contributed by atoms with E-state index < -0.39 is 5.97 Å². The van der Waals surface area contributed by atoms with Gasteiger partial charge in [-0.15, -0.1) is 0 Å². The van der Waals surface area contributed by atoms with Gasteiger partial charge in [-0.3, -0.25) is 14.6 Å². The number of aromatic nitrogens is 1. The standard InChI is InChI=1S/C30H31ClN4O4/c1-38-24-10-6-9-23-26(24)27(28(32-23)30(37)39-2)33-25(36)19-34-15-17-35(18-16-34)29(20-7-4-3-5-8-20)21-11-13-22(31)14-12-21/h3-14,29,32H,15-19H2,1-2H3,(H,33,36)/t29-/m0/s1. The normalized spacial score (nSPS) is 15.2. The van der Waals surface area contributed by atoms with Crippen molar-refractivity contribution in [1.82, 2.24) is 14.8 Å². The second kappa shape index (κ2) is 11.9. The Morgan fingerprint density at radius 3 is 2.28 bits per heavy atom. The smallest absolute Gasteiger partial charge is 0.356 e. The number of hydrogen-bond donors (Lipinski definition) is 2. The molecule has 1 atom stereocenters. The van der Waals surface area contributed by atoms with E-state index in [0.29, 0.717) is 27.4 Å². The molecule has 0 spiro atoms. The third-order valence-corrected chi connectivity index (χ3v) is 7.35. The molecule has 0 aliphatic carbocycles. The van der Waals surface area contributed by atoms with Crippen molar-refractivity contribution in [3.63, 3.8) is 0 Å². The topological polar surface area (TPSA) is 86.9 Å². The van der Waals surface area contributed by atoms with E-state index in [-0.39, 0.29) is 24.2 Å². The van der Waals surface area contributed by atoms with Gasteiger partial charge in [0.25, 0.3) is 0 Å². The number of amides is 1. The summed E-state index contributed by atoms with van der Waals surface area (Å²) in [5.41, 5.74) is 3.62. The zero-order valence-corrected chi connectivity index (χ0v) is 22.7. The van der Waals surface area contributed by atoms with Crippen molar-refractivity contribution >= 4 is 40.1 Å². The number of nitrogens with one attached hydrogen (secondary N) is 2. The van der Waals surface area contributed by atoms with Crippen molar-refractivity contribution < 1.29 is 19.1 Å². The molecule has 2 N–H and O–H groups in total. The number of fused-ring (bicyclic) bond motifs is 1. The molecule has 202 valence electrons. The lowest BCUT2D eigenvalue weighted by Crippen LogP contribution is -2.49. The summed E-state index contributed by atoms with van der Waals surface area (Å²) in [5, 5.41) is 4.29. The second-order valence-electron chi connectivity index (χ2n) is 9.47. The zero-order valence-electron chi connectivity index (χ0n) is 21.9. The van der Waals surface area contributed by atoms with Crippen LogP contribution in [0, 0.1) is 0 Å². The van der Waals surface area contributed by atoms with Gasteiger partial charge in [0.1, 0.15) is 11.4 Å². The number of halogens is 1. The molecule has 0 saturated carbocycles. The SMILES string of the molecule is COC(=O)c1[nH]c2cccc(OC)c2c1NC(=O)CN1CCN([C@@H](c2ccccc2)c2ccc(Cl)cc2)CC1. The summed E-state index contributed by atoms with van der Waals surface area (Å²) in [6.45, 7) is 3.25. The molecule has 4 aromatic rings. The fraction of sp³-hybridized carbons (Fsp3) is 0.267. The first-order chi connectivity index (χ1) is 19.0. The molecule has 1 saturated heterocycles. The fourth-order valence-corrected chi connectivity index (χ4v) is 5.35. The van der Waals surface area contributed by atoms with Gasteiger partial charge in [0, 0.05) is 31.2 Å². The largest absolute Gasteiger partial charge is 0.496 e. The van der Waals surface area contributed by atoms with Crippen molar-refractivity contribution in [2.24, 2.45) is 0 Å². The van der Waals surface area contributed by atoms with Crippen molar-refractivity contribution in [3.8, 4) is 5.75 Å². The Kier molecular flexibility index (Phi) is 8.16. The highest BCUT2D eigenvalue weighted by atomic mass is 35.5. The van der Waals surface area contributed by atoms with Crippen molar-refractivity contribution in [3.05, 3.63) is 94.6 Å². The number of nitrogens with zero attached hydrogens (tertiary/aromatic N) is 2. The van der Waals surface area contributed by atoms with Crippen LogP contribution in [0.3, 0.4) is 0 Å². The van der Waals surface area contributed by atoms with E-state index in [1.54, 1.807) is 13.2 Å². The van der Waals surface area contributed by atoms with Crippen molar-refractivity contribution in [2.45, 2.75) is 6.04 Å². The molecule has 1 aromatic heterocycles. The summed E-state index contributed by atoms with van der Waals surface area (Å²) in [6.07, 6.45) is 0. The van der Waals surface area contributed by atoms with Gasteiger partial charge in [0.05, 0.1) is 43.4 Å². The number of anilines is 1. The lowest BCUT2D eigenvalue weighted by Gasteiger charge is -2.39. The van der Waals surface area contributed by atoms with E-state index in [0.717, 1.165) is 26.2 Å². The molecule has 3 aromatic carbocycles. The molecule has 0 radical (unpaired) electrons. The highest BCUT2D eigenvalue weighted by Crippen LogP contribution is 2.36. The highest BCUT2D eigenvalue weighted by molar-refractivity contribution is 6.30. The Morgan fingerprint density at radius 1 is 0.923 bits per heavy atom. The third kappa shape index (κ3) is 5.78. The van der Waals surface area contributed by atoms with E-state index in [9.17, 15) is 9.59 Å². The minimum atomic E-state index is -0.564. The van der Waals surface area contributed by atoms with Gasteiger partial charge in [0.2, 0.25) is 5.91 Å². The summed E-state index contributed by atoms with van der Waals surface area (Å²) < 4.78 is 10.4.